The van der Waals surface area contributed by atoms with Gasteiger partial charge in [-0.05, 0) is 56.5 Å². The minimum atomic E-state index is -0.869. The van der Waals surface area contributed by atoms with Crippen LogP contribution in [0.15, 0.2) is 46.0 Å². The van der Waals surface area contributed by atoms with Gasteiger partial charge in [0.1, 0.15) is 5.75 Å². The first kappa shape index (κ1) is 25.1. The number of carbonyl (C=O) groups is 3. The van der Waals surface area contributed by atoms with E-state index in [2.05, 4.69) is 37.1 Å². The zero-order valence-corrected chi connectivity index (χ0v) is 20.1. The highest BCUT2D eigenvalue weighted by Gasteiger charge is 2.14. The summed E-state index contributed by atoms with van der Waals surface area (Å²) in [4.78, 5) is 36.0. The maximum atomic E-state index is 12.4. The number of hydrogen-bond acceptors (Lipinski definition) is 5. The first-order valence-electron chi connectivity index (χ1n) is 10.1. The molecule has 0 fully saturated rings. The van der Waals surface area contributed by atoms with Crippen molar-refractivity contribution >= 4 is 45.6 Å². The lowest BCUT2D eigenvalue weighted by atomic mass is 10.1. The molecule has 170 valence electrons. The standard InChI is InChI=1S/C23H27BrN4O4/c1-5-16(4)26-22(30)23(31)28-25-12-17-11-18(24)9-10-19(17)32-13-20(29)27-21-14(2)7-6-8-15(21)3/h6-12,16H,5,13H2,1-4H3,(H,26,30)(H,27,29)(H,28,31)/b25-12-/t16-/m1/s1. The molecule has 0 aliphatic carbocycles. The van der Waals surface area contributed by atoms with Gasteiger partial charge in [0.25, 0.3) is 5.91 Å². The molecule has 2 rings (SSSR count). The van der Waals surface area contributed by atoms with E-state index in [0.29, 0.717) is 17.7 Å². The van der Waals surface area contributed by atoms with Gasteiger partial charge >= 0.3 is 11.8 Å². The average molecular weight is 503 g/mol. The lowest BCUT2D eigenvalue weighted by Gasteiger charge is -2.13. The Morgan fingerprint density at radius 2 is 1.81 bits per heavy atom. The SMILES string of the molecule is CC[C@@H](C)NC(=O)C(=O)N/N=C\c1cc(Br)ccc1OCC(=O)Nc1c(C)cccc1C. The second-order valence-electron chi connectivity index (χ2n) is 7.27. The van der Waals surface area contributed by atoms with Gasteiger partial charge in [-0.25, -0.2) is 5.43 Å². The largest absolute Gasteiger partial charge is 0.483 e. The highest BCUT2D eigenvalue weighted by molar-refractivity contribution is 9.10. The van der Waals surface area contributed by atoms with Crippen LogP contribution in [-0.4, -0.2) is 36.6 Å². The molecule has 9 heteroatoms. The summed E-state index contributed by atoms with van der Waals surface area (Å²) in [7, 11) is 0. The monoisotopic (exact) mass is 502 g/mol. The molecule has 0 saturated heterocycles. The average Bonchev–Trinajstić information content (AvgIpc) is 2.75. The molecule has 32 heavy (non-hydrogen) atoms. The third-order valence-electron chi connectivity index (χ3n) is 4.64. The summed E-state index contributed by atoms with van der Waals surface area (Å²) in [5.41, 5.74) is 5.38. The molecule has 0 spiro atoms. The Morgan fingerprint density at radius 3 is 2.47 bits per heavy atom. The number of amides is 3. The summed E-state index contributed by atoms with van der Waals surface area (Å²) in [6.07, 6.45) is 2.05. The molecule has 2 aromatic carbocycles. The third kappa shape index (κ3) is 7.49. The summed E-state index contributed by atoms with van der Waals surface area (Å²) in [5, 5.41) is 9.25. The first-order chi connectivity index (χ1) is 15.2. The first-order valence-corrected chi connectivity index (χ1v) is 10.9. The molecule has 0 heterocycles. The fraction of sp³-hybridized carbons (Fsp3) is 0.304. The van der Waals surface area contributed by atoms with E-state index in [1.54, 1.807) is 25.1 Å². The number of hydrazone groups is 1. The molecule has 0 unspecified atom stereocenters. The number of anilines is 1. The topological polar surface area (TPSA) is 109 Å². The van der Waals surface area contributed by atoms with Crippen molar-refractivity contribution in [3.8, 4) is 5.75 Å². The zero-order valence-electron chi connectivity index (χ0n) is 18.5. The molecule has 0 aliphatic rings. The molecule has 0 aliphatic heterocycles. The van der Waals surface area contributed by atoms with Crippen molar-refractivity contribution in [3.63, 3.8) is 0 Å². The number of hydrogen-bond donors (Lipinski definition) is 3. The van der Waals surface area contributed by atoms with E-state index in [0.717, 1.165) is 21.3 Å². The lowest BCUT2D eigenvalue weighted by Crippen LogP contribution is -2.41. The molecular weight excluding hydrogens is 476 g/mol. The fourth-order valence-electron chi connectivity index (χ4n) is 2.68. The van der Waals surface area contributed by atoms with Crippen LogP contribution in [0.1, 0.15) is 37.0 Å². The molecule has 0 aromatic heterocycles. The Kier molecular flexibility index (Phi) is 9.39. The summed E-state index contributed by atoms with van der Waals surface area (Å²) in [5.74, 6) is -1.53. The van der Waals surface area contributed by atoms with Crippen molar-refractivity contribution in [3.05, 3.63) is 57.6 Å². The number of nitrogens with one attached hydrogen (secondary N) is 3. The van der Waals surface area contributed by atoms with E-state index in [-0.39, 0.29) is 18.6 Å². The van der Waals surface area contributed by atoms with Crippen molar-refractivity contribution in [1.82, 2.24) is 10.7 Å². The molecule has 0 radical (unpaired) electrons. The quantitative estimate of drug-likeness (QED) is 0.291. The number of halogens is 1. The number of para-hydroxylation sites is 1. The van der Waals surface area contributed by atoms with E-state index in [9.17, 15) is 14.4 Å². The Labute approximate surface area is 195 Å². The second-order valence-corrected chi connectivity index (χ2v) is 8.18. The van der Waals surface area contributed by atoms with Crippen molar-refractivity contribution in [2.24, 2.45) is 5.10 Å². The smallest absolute Gasteiger partial charge is 0.329 e. The predicted molar refractivity (Wildman–Crippen MR) is 128 cm³/mol. The van der Waals surface area contributed by atoms with Gasteiger partial charge in [0.2, 0.25) is 0 Å². The Hall–Kier alpha value is -3.20. The molecule has 8 nitrogen and oxygen atoms in total. The minimum absolute atomic E-state index is 0.114. The Morgan fingerprint density at radius 1 is 1.12 bits per heavy atom. The van der Waals surface area contributed by atoms with Crippen LogP contribution in [0.4, 0.5) is 5.69 Å². The van der Waals surface area contributed by atoms with Crippen molar-refractivity contribution in [2.45, 2.75) is 40.2 Å². The van der Waals surface area contributed by atoms with Gasteiger partial charge in [0.15, 0.2) is 6.61 Å². The van der Waals surface area contributed by atoms with Gasteiger partial charge < -0.3 is 15.4 Å². The maximum Gasteiger partial charge on any atom is 0.329 e. The van der Waals surface area contributed by atoms with Crippen LogP contribution < -0.4 is 20.8 Å². The fourth-order valence-corrected chi connectivity index (χ4v) is 3.06. The van der Waals surface area contributed by atoms with Gasteiger partial charge in [0.05, 0.1) is 6.21 Å². The number of ether oxygens (including phenoxy) is 1. The lowest BCUT2D eigenvalue weighted by molar-refractivity contribution is -0.139. The second kappa shape index (κ2) is 12.0. The maximum absolute atomic E-state index is 12.4. The van der Waals surface area contributed by atoms with Crippen LogP contribution in [0.2, 0.25) is 0 Å². The van der Waals surface area contributed by atoms with E-state index in [1.165, 1.54) is 6.21 Å². The zero-order chi connectivity index (χ0) is 23.7. The van der Waals surface area contributed by atoms with Crippen molar-refractivity contribution in [1.29, 1.82) is 0 Å². The van der Waals surface area contributed by atoms with Gasteiger partial charge in [0, 0.05) is 21.8 Å². The molecule has 1 atom stereocenters. The molecule has 0 saturated carbocycles. The molecule has 2 aromatic rings. The van der Waals surface area contributed by atoms with Crippen LogP contribution in [0.3, 0.4) is 0 Å². The Bertz CT molecular complexity index is 1000. The van der Waals surface area contributed by atoms with Crippen molar-refractivity contribution in [2.75, 3.05) is 11.9 Å². The summed E-state index contributed by atoms with van der Waals surface area (Å²) in [6, 6.07) is 10.8. The highest BCUT2D eigenvalue weighted by Crippen LogP contribution is 2.22. The number of aryl methyl sites for hydroxylation is 2. The van der Waals surface area contributed by atoms with E-state index >= 15 is 0 Å². The summed E-state index contributed by atoms with van der Waals surface area (Å²) < 4.78 is 6.42. The molecular formula is C23H27BrN4O4. The minimum Gasteiger partial charge on any atom is -0.483 e. The predicted octanol–water partition coefficient (Wildman–Crippen LogP) is 3.45. The molecule has 3 N–H and O–H groups in total. The Balaban J connectivity index is 2.00. The van der Waals surface area contributed by atoms with E-state index in [4.69, 9.17) is 4.74 Å². The van der Waals surface area contributed by atoms with Crippen LogP contribution in [0.5, 0.6) is 5.75 Å². The van der Waals surface area contributed by atoms with Crippen LogP contribution in [0, 0.1) is 13.8 Å². The van der Waals surface area contributed by atoms with E-state index in [1.807, 2.05) is 39.0 Å². The van der Waals surface area contributed by atoms with E-state index < -0.39 is 11.8 Å². The van der Waals surface area contributed by atoms with Crippen LogP contribution >= 0.6 is 15.9 Å². The van der Waals surface area contributed by atoms with Crippen molar-refractivity contribution < 1.29 is 19.1 Å². The third-order valence-corrected chi connectivity index (χ3v) is 5.14. The van der Waals surface area contributed by atoms with Crippen LogP contribution in [-0.2, 0) is 14.4 Å². The number of benzene rings is 2. The van der Waals surface area contributed by atoms with Gasteiger partial charge in [-0.2, -0.15) is 5.10 Å². The van der Waals surface area contributed by atoms with Gasteiger partial charge in [-0.3, -0.25) is 14.4 Å². The molecule has 0 bridgehead atoms. The summed E-state index contributed by atoms with van der Waals surface area (Å²) >= 11 is 3.37. The summed E-state index contributed by atoms with van der Waals surface area (Å²) in [6.45, 7) is 7.34. The number of rotatable bonds is 8. The number of carbonyl (C=O) groups excluding carboxylic acids is 3. The number of nitrogens with zero attached hydrogens (tertiary/aromatic N) is 1. The normalized spacial score (nSPS) is 11.7. The van der Waals surface area contributed by atoms with Crippen LogP contribution in [0.25, 0.3) is 0 Å². The van der Waals surface area contributed by atoms with Gasteiger partial charge in [-0.1, -0.05) is 41.1 Å². The van der Waals surface area contributed by atoms with Gasteiger partial charge in [-0.15, -0.1) is 0 Å². The molecule has 3 amide bonds. The highest BCUT2D eigenvalue weighted by atomic mass is 79.9.